The van der Waals surface area contributed by atoms with Crippen molar-refractivity contribution in [1.82, 2.24) is 0 Å². The molecule has 0 unspecified atom stereocenters. The number of para-hydroxylation sites is 1. The molecule has 0 saturated carbocycles. The van der Waals surface area contributed by atoms with Gasteiger partial charge >= 0.3 is 0 Å². The Kier molecular flexibility index (Phi) is 5.90. The number of benzene rings is 3. The second kappa shape index (κ2) is 8.25. The van der Waals surface area contributed by atoms with Gasteiger partial charge in [-0.3, -0.25) is 9.52 Å². The average Bonchev–Trinajstić information content (AvgIpc) is 2.69. The monoisotopic (exact) mass is 448 g/mol. The third-order valence-electron chi connectivity index (χ3n) is 4.06. The molecular weight excluding hydrogens is 431 g/mol. The van der Waals surface area contributed by atoms with E-state index in [4.69, 9.17) is 0 Å². The van der Waals surface area contributed by atoms with Crippen LogP contribution in [0, 0.1) is 5.82 Å². The summed E-state index contributed by atoms with van der Waals surface area (Å²) >= 11 is 0. The molecule has 0 aliphatic rings. The van der Waals surface area contributed by atoms with Gasteiger partial charge in [0.15, 0.2) is 9.84 Å². The van der Waals surface area contributed by atoms with Crippen LogP contribution < -0.4 is 10.0 Å². The fourth-order valence-corrected chi connectivity index (χ4v) is 5.39. The van der Waals surface area contributed by atoms with Crippen LogP contribution in [0.5, 0.6) is 0 Å². The normalized spacial score (nSPS) is 11.7. The second-order valence-corrected chi connectivity index (χ2v) is 9.97. The molecule has 10 heteroatoms. The van der Waals surface area contributed by atoms with Crippen molar-refractivity contribution in [2.24, 2.45) is 0 Å². The van der Waals surface area contributed by atoms with Crippen molar-refractivity contribution in [3.63, 3.8) is 0 Å². The number of anilines is 2. The van der Waals surface area contributed by atoms with Gasteiger partial charge in [0.05, 0.1) is 16.1 Å². The van der Waals surface area contributed by atoms with Gasteiger partial charge in [-0.05, 0) is 48.5 Å². The van der Waals surface area contributed by atoms with Gasteiger partial charge in [-0.1, -0.05) is 24.3 Å². The topological polar surface area (TPSA) is 109 Å². The number of halogens is 1. The van der Waals surface area contributed by atoms with E-state index in [-0.39, 0.29) is 16.1 Å². The number of carbonyl (C=O) groups is 1. The molecule has 0 radical (unpaired) electrons. The van der Waals surface area contributed by atoms with Crippen LogP contribution in [-0.4, -0.2) is 29.0 Å². The van der Waals surface area contributed by atoms with Crippen molar-refractivity contribution in [1.29, 1.82) is 0 Å². The molecule has 0 spiro atoms. The van der Waals surface area contributed by atoms with E-state index < -0.39 is 36.5 Å². The minimum absolute atomic E-state index is 0.00207. The Morgan fingerprint density at radius 3 is 2.00 bits per heavy atom. The van der Waals surface area contributed by atoms with Crippen LogP contribution in [0.4, 0.5) is 15.8 Å². The summed E-state index contributed by atoms with van der Waals surface area (Å²) in [5.74, 6) is -1.10. The van der Waals surface area contributed by atoms with Crippen molar-refractivity contribution in [3.05, 3.63) is 84.2 Å². The predicted octanol–water partition coefficient (Wildman–Crippen LogP) is 3.28. The Bertz CT molecular complexity index is 1310. The third kappa shape index (κ3) is 4.84. The summed E-state index contributed by atoms with van der Waals surface area (Å²) in [5.41, 5.74) is 0.282. The highest BCUT2D eigenvalue weighted by Gasteiger charge is 2.25. The molecule has 0 bridgehead atoms. The molecule has 7 nitrogen and oxygen atoms in total. The van der Waals surface area contributed by atoms with E-state index in [2.05, 4.69) is 10.0 Å². The SMILES string of the molecule is CS(=O)(=O)c1ccccc1S(=O)(=O)Nc1ccccc1C(=O)Nc1ccc(F)cc1. The third-order valence-corrected chi connectivity index (χ3v) is 6.76. The smallest absolute Gasteiger partial charge is 0.263 e. The van der Waals surface area contributed by atoms with Gasteiger partial charge in [0, 0.05) is 11.9 Å². The van der Waals surface area contributed by atoms with Crippen LogP contribution in [0.2, 0.25) is 0 Å². The quantitative estimate of drug-likeness (QED) is 0.601. The van der Waals surface area contributed by atoms with Crippen LogP contribution >= 0.6 is 0 Å². The van der Waals surface area contributed by atoms with Crippen LogP contribution in [0.15, 0.2) is 82.6 Å². The molecule has 3 aromatic carbocycles. The highest BCUT2D eigenvalue weighted by Crippen LogP contribution is 2.25. The number of sulfonamides is 1. The van der Waals surface area contributed by atoms with Gasteiger partial charge in [-0.15, -0.1) is 0 Å². The molecule has 2 N–H and O–H groups in total. The molecule has 0 atom stereocenters. The second-order valence-electron chi connectivity index (χ2n) is 6.33. The van der Waals surface area contributed by atoms with Crippen molar-refractivity contribution in [2.75, 3.05) is 16.3 Å². The maximum atomic E-state index is 13.0. The number of rotatable bonds is 6. The summed E-state index contributed by atoms with van der Waals surface area (Å²) in [6.07, 6.45) is 0.908. The Morgan fingerprint density at radius 1 is 0.800 bits per heavy atom. The largest absolute Gasteiger partial charge is 0.322 e. The van der Waals surface area contributed by atoms with Crippen molar-refractivity contribution >= 4 is 37.1 Å². The molecule has 3 rings (SSSR count). The van der Waals surface area contributed by atoms with Crippen LogP contribution in [0.25, 0.3) is 0 Å². The van der Waals surface area contributed by atoms with Gasteiger partial charge in [-0.25, -0.2) is 21.2 Å². The van der Waals surface area contributed by atoms with Crippen LogP contribution in [0.1, 0.15) is 10.4 Å². The number of sulfone groups is 1. The lowest BCUT2D eigenvalue weighted by molar-refractivity contribution is 0.102. The van der Waals surface area contributed by atoms with Gasteiger partial charge < -0.3 is 5.32 Å². The zero-order valence-corrected chi connectivity index (χ0v) is 17.3. The first-order chi connectivity index (χ1) is 14.1. The van der Waals surface area contributed by atoms with E-state index in [1.807, 2.05) is 0 Å². The molecule has 0 aliphatic carbocycles. The Balaban J connectivity index is 1.95. The number of hydrogen-bond acceptors (Lipinski definition) is 5. The van der Waals surface area contributed by atoms with E-state index >= 15 is 0 Å². The lowest BCUT2D eigenvalue weighted by atomic mass is 10.1. The molecule has 156 valence electrons. The first-order valence-corrected chi connectivity index (χ1v) is 11.9. The van der Waals surface area contributed by atoms with Gasteiger partial charge in [0.1, 0.15) is 10.7 Å². The lowest BCUT2D eigenvalue weighted by Gasteiger charge is -2.14. The fourth-order valence-electron chi connectivity index (χ4n) is 2.68. The van der Waals surface area contributed by atoms with Gasteiger partial charge in [-0.2, -0.15) is 0 Å². The first-order valence-electron chi connectivity index (χ1n) is 8.56. The maximum Gasteiger partial charge on any atom is 0.263 e. The van der Waals surface area contributed by atoms with E-state index in [0.29, 0.717) is 5.69 Å². The minimum Gasteiger partial charge on any atom is -0.322 e. The highest BCUT2D eigenvalue weighted by molar-refractivity contribution is 7.95. The fraction of sp³-hybridized carbons (Fsp3) is 0.0500. The Morgan fingerprint density at radius 2 is 1.37 bits per heavy atom. The molecule has 0 saturated heterocycles. The number of amides is 1. The molecule has 0 aliphatic heterocycles. The van der Waals surface area contributed by atoms with Gasteiger partial charge in [0.2, 0.25) is 0 Å². The van der Waals surface area contributed by atoms with E-state index in [1.54, 1.807) is 6.07 Å². The standard InChI is InChI=1S/C20H17FN2O5S2/c1-29(25,26)18-8-4-5-9-19(18)30(27,28)23-17-7-3-2-6-16(17)20(24)22-15-12-10-14(21)11-13-15/h2-13,23H,1H3,(H,22,24). The summed E-state index contributed by atoms with van der Waals surface area (Å²) in [5, 5.41) is 2.55. The molecule has 0 heterocycles. The summed E-state index contributed by atoms with van der Waals surface area (Å²) in [4.78, 5) is 11.8. The predicted molar refractivity (Wildman–Crippen MR) is 111 cm³/mol. The Hall–Kier alpha value is -3.24. The molecule has 1 amide bonds. The molecule has 30 heavy (non-hydrogen) atoms. The molecule has 3 aromatic rings. The molecule has 0 aromatic heterocycles. The summed E-state index contributed by atoms with van der Waals surface area (Å²) in [7, 11) is -8.13. The van der Waals surface area contributed by atoms with Crippen molar-refractivity contribution < 1.29 is 26.0 Å². The zero-order chi connectivity index (χ0) is 21.9. The van der Waals surface area contributed by atoms with Crippen LogP contribution in [-0.2, 0) is 19.9 Å². The van der Waals surface area contributed by atoms with E-state index in [0.717, 1.165) is 6.26 Å². The number of carbonyl (C=O) groups excluding carboxylic acids is 1. The van der Waals surface area contributed by atoms with Crippen LogP contribution in [0.3, 0.4) is 0 Å². The first kappa shape index (κ1) is 21.5. The minimum atomic E-state index is -4.32. The van der Waals surface area contributed by atoms with Crippen molar-refractivity contribution in [3.8, 4) is 0 Å². The van der Waals surface area contributed by atoms with Gasteiger partial charge in [0.25, 0.3) is 15.9 Å². The Labute approximate surface area is 173 Å². The number of hydrogen-bond donors (Lipinski definition) is 2. The zero-order valence-electron chi connectivity index (χ0n) is 15.7. The average molecular weight is 448 g/mol. The highest BCUT2D eigenvalue weighted by atomic mass is 32.2. The van der Waals surface area contributed by atoms with Crippen molar-refractivity contribution in [2.45, 2.75) is 9.79 Å². The van der Waals surface area contributed by atoms with E-state index in [9.17, 15) is 26.0 Å². The van der Waals surface area contributed by atoms with E-state index in [1.165, 1.54) is 66.7 Å². The summed E-state index contributed by atoms with van der Waals surface area (Å²) < 4.78 is 65.0. The number of nitrogens with one attached hydrogen (secondary N) is 2. The molecular formula is C20H17FN2O5S2. The summed E-state index contributed by atoms with van der Waals surface area (Å²) in [6, 6.07) is 16.1. The molecule has 0 fully saturated rings. The lowest BCUT2D eigenvalue weighted by Crippen LogP contribution is -2.20. The summed E-state index contributed by atoms with van der Waals surface area (Å²) in [6.45, 7) is 0. The maximum absolute atomic E-state index is 13.0.